The van der Waals surface area contributed by atoms with Gasteiger partial charge in [0.15, 0.2) is 0 Å². The topological polar surface area (TPSA) is 107 Å². The van der Waals surface area contributed by atoms with Crippen molar-refractivity contribution in [2.75, 3.05) is 5.73 Å². The van der Waals surface area contributed by atoms with Crippen LogP contribution in [0.2, 0.25) is 0 Å². The largest absolute Gasteiger partial charge is 0.383 e. The van der Waals surface area contributed by atoms with Crippen LogP contribution >= 0.6 is 0 Å². The highest BCUT2D eigenvalue weighted by Crippen LogP contribution is 2.38. The van der Waals surface area contributed by atoms with E-state index in [2.05, 4.69) is 22.2 Å². The lowest BCUT2D eigenvalue weighted by Crippen LogP contribution is -2.29. The van der Waals surface area contributed by atoms with Crippen molar-refractivity contribution in [2.45, 2.75) is 32.2 Å². The molecule has 0 saturated heterocycles. The fourth-order valence-electron chi connectivity index (χ4n) is 3.68. The van der Waals surface area contributed by atoms with Crippen LogP contribution < -0.4 is 11.5 Å². The second-order valence-electron chi connectivity index (χ2n) is 6.76. The predicted octanol–water partition coefficient (Wildman–Crippen LogP) is 2.51. The molecule has 1 atom stereocenters. The van der Waals surface area contributed by atoms with Gasteiger partial charge in [0.1, 0.15) is 17.5 Å². The Morgan fingerprint density at radius 3 is 2.92 bits per heavy atom. The summed E-state index contributed by atoms with van der Waals surface area (Å²) in [6.07, 6.45) is 5.98. The van der Waals surface area contributed by atoms with E-state index < -0.39 is 0 Å². The predicted molar refractivity (Wildman–Crippen MR) is 101 cm³/mol. The van der Waals surface area contributed by atoms with Crippen LogP contribution in [0.15, 0.2) is 36.7 Å². The Morgan fingerprint density at radius 2 is 2.19 bits per heavy atom. The monoisotopic (exact) mass is 344 g/mol. The molecule has 1 unspecified atom stereocenters. The third-order valence-electron chi connectivity index (χ3n) is 4.91. The molecule has 1 aliphatic rings. The van der Waals surface area contributed by atoms with Crippen molar-refractivity contribution in [1.29, 1.82) is 5.26 Å². The van der Waals surface area contributed by atoms with Gasteiger partial charge in [-0.05, 0) is 49.9 Å². The maximum Gasteiger partial charge on any atom is 0.142 e. The first-order chi connectivity index (χ1) is 12.6. The Balaban J connectivity index is 2.07. The minimum atomic E-state index is 0.0659. The molecule has 130 valence electrons. The zero-order valence-corrected chi connectivity index (χ0v) is 14.6. The molecule has 2 heterocycles. The van der Waals surface area contributed by atoms with Crippen LogP contribution in [-0.2, 0) is 12.8 Å². The van der Waals surface area contributed by atoms with Crippen molar-refractivity contribution in [1.82, 2.24) is 14.8 Å². The molecule has 4 rings (SSSR count). The number of pyridine rings is 1. The van der Waals surface area contributed by atoms with Gasteiger partial charge in [-0.25, -0.2) is 9.67 Å². The molecule has 0 bridgehead atoms. The Morgan fingerprint density at radius 1 is 1.35 bits per heavy atom. The van der Waals surface area contributed by atoms with Gasteiger partial charge in [0.05, 0.1) is 5.69 Å². The van der Waals surface area contributed by atoms with Gasteiger partial charge in [-0.15, -0.1) is 0 Å². The first-order valence-corrected chi connectivity index (χ1v) is 8.66. The van der Waals surface area contributed by atoms with Crippen LogP contribution in [-0.4, -0.2) is 20.8 Å². The molecule has 0 amide bonds. The summed E-state index contributed by atoms with van der Waals surface area (Å²) < 4.78 is 1.81. The van der Waals surface area contributed by atoms with Gasteiger partial charge in [0.2, 0.25) is 0 Å². The molecule has 0 fully saturated rings. The highest BCUT2D eigenvalue weighted by molar-refractivity contribution is 5.84. The van der Waals surface area contributed by atoms with Crippen molar-refractivity contribution in [3.8, 4) is 22.9 Å². The number of fused-ring (bicyclic) bond motifs is 1. The number of hydrogen-bond donors (Lipinski definition) is 2. The maximum atomic E-state index is 9.80. The summed E-state index contributed by atoms with van der Waals surface area (Å²) in [4.78, 5) is 4.50. The third-order valence-corrected chi connectivity index (χ3v) is 4.91. The van der Waals surface area contributed by atoms with E-state index >= 15 is 0 Å². The minimum Gasteiger partial charge on any atom is -0.383 e. The summed E-state index contributed by atoms with van der Waals surface area (Å²) in [6, 6.07) is 10.3. The molecule has 0 spiro atoms. The Bertz CT molecular complexity index is 1010. The van der Waals surface area contributed by atoms with Crippen LogP contribution in [0.25, 0.3) is 16.8 Å². The average molecular weight is 344 g/mol. The molecule has 1 aliphatic carbocycles. The van der Waals surface area contributed by atoms with Crippen LogP contribution in [0.1, 0.15) is 28.8 Å². The van der Waals surface area contributed by atoms with E-state index in [1.165, 1.54) is 0 Å². The lowest BCUT2D eigenvalue weighted by atomic mass is 9.84. The number of aromatic nitrogens is 3. The molecule has 26 heavy (non-hydrogen) atoms. The van der Waals surface area contributed by atoms with E-state index in [-0.39, 0.29) is 11.9 Å². The van der Waals surface area contributed by atoms with E-state index in [1.807, 2.05) is 36.0 Å². The van der Waals surface area contributed by atoms with E-state index in [4.69, 9.17) is 11.5 Å². The van der Waals surface area contributed by atoms with E-state index in [9.17, 15) is 5.26 Å². The number of aryl methyl sites for hydroxylation is 2. The van der Waals surface area contributed by atoms with E-state index in [1.54, 1.807) is 6.20 Å². The van der Waals surface area contributed by atoms with E-state index in [0.717, 1.165) is 46.5 Å². The smallest absolute Gasteiger partial charge is 0.142 e. The van der Waals surface area contributed by atoms with Crippen molar-refractivity contribution >= 4 is 5.82 Å². The summed E-state index contributed by atoms with van der Waals surface area (Å²) in [5.74, 6) is 0.282. The zero-order valence-electron chi connectivity index (χ0n) is 14.6. The number of nitriles is 1. The van der Waals surface area contributed by atoms with Gasteiger partial charge in [-0.1, -0.05) is 11.6 Å². The number of nitrogen functional groups attached to an aromatic ring is 1. The molecule has 4 N–H and O–H groups in total. The molecule has 0 aliphatic heterocycles. The van der Waals surface area contributed by atoms with Crippen molar-refractivity contribution in [3.05, 3.63) is 59.0 Å². The first-order valence-electron chi connectivity index (χ1n) is 8.66. The number of hydrogen-bond acceptors (Lipinski definition) is 5. The molecular weight excluding hydrogens is 324 g/mol. The fourth-order valence-corrected chi connectivity index (χ4v) is 3.68. The maximum absolute atomic E-state index is 9.80. The summed E-state index contributed by atoms with van der Waals surface area (Å²) >= 11 is 0. The van der Waals surface area contributed by atoms with E-state index in [0.29, 0.717) is 12.0 Å². The third kappa shape index (κ3) is 2.63. The van der Waals surface area contributed by atoms with Gasteiger partial charge in [0.25, 0.3) is 0 Å². The molecule has 0 radical (unpaired) electrons. The van der Waals surface area contributed by atoms with Crippen molar-refractivity contribution in [3.63, 3.8) is 0 Å². The highest BCUT2D eigenvalue weighted by atomic mass is 15.3. The van der Waals surface area contributed by atoms with Crippen LogP contribution in [0, 0.1) is 18.3 Å². The summed E-state index contributed by atoms with van der Waals surface area (Å²) in [6.45, 7) is 2.03. The van der Waals surface area contributed by atoms with Gasteiger partial charge < -0.3 is 11.5 Å². The SMILES string of the molecule is Cc1ccc(-n2cccn2)c(-c2c(C#N)c(N)nc3c2CC(N)CC3)c1. The van der Waals surface area contributed by atoms with Gasteiger partial charge in [-0.2, -0.15) is 10.4 Å². The first kappa shape index (κ1) is 16.3. The summed E-state index contributed by atoms with van der Waals surface area (Å²) in [5.41, 5.74) is 18.6. The van der Waals surface area contributed by atoms with Gasteiger partial charge in [0, 0.05) is 35.3 Å². The van der Waals surface area contributed by atoms with Crippen LogP contribution in [0.4, 0.5) is 5.82 Å². The number of benzene rings is 1. The normalized spacial score (nSPS) is 16.1. The van der Waals surface area contributed by atoms with Crippen LogP contribution in [0.5, 0.6) is 0 Å². The quantitative estimate of drug-likeness (QED) is 0.743. The molecular formula is C20H20N6. The molecule has 6 nitrogen and oxygen atoms in total. The van der Waals surface area contributed by atoms with Crippen molar-refractivity contribution in [2.24, 2.45) is 5.73 Å². The lowest BCUT2D eigenvalue weighted by Gasteiger charge is -2.26. The number of nitrogens with two attached hydrogens (primary N) is 2. The number of nitrogens with zero attached hydrogens (tertiary/aromatic N) is 4. The average Bonchev–Trinajstić information content (AvgIpc) is 3.15. The fraction of sp³-hybridized carbons (Fsp3) is 0.250. The molecule has 0 saturated carbocycles. The number of anilines is 1. The standard InChI is InChI=1S/C20H20N6/c1-12-3-6-18(26-8-2-7-24-26)15(9-12)19-14-10-13(22)4-5-17(14)25-20(23)16(19)11-21/h2-3,6-9,13H,4-5,10,22H2,1H3,(H2,23,25). The zero-order chi connectivity index (χ0) is 18.3. The van der Waals surface area contributed by atoms with Gasteiger partial charge in [-0.3, -0.25) is 0 Å². The molecule has 3 aromatic rings. The van der Waals surface area contributed by atoms with Gasteiger partial charge >= 0.3 is 0 Å². The van der Waals surface area contributed by atoms with Crippen LogP contribution in [0.3, 0.4) is 0 Å². The summed E-state index contributed by atoms with van der Waals surface area (Å²) in [7, 11) is 0. The second-order valence-corrected chi connectivity index (χ2v) is 6.76. The molecule has 6 heteroatoms. The highest BCUT2D eigenvalue weighted by Gasteiger charge is 2.26. The Hall–Kier alpha value is -3.17. The Labute approximate surface area is 152 Å². The lowest BCUT2D eigenvalue weighted by molar-refractivity contribution is 0.568. The molecule has 1 aromatic carbocycles. The summed E-state index contributed by atoms with van der Waals surface area (Å²) in [5, 5.41) is 14.2. The molecule has 2 aromatic heterocycles. The van der Waals surface area contributed by atoms with Crippen molar-refractivity contribution < 1.29 is 0 Å². The minimum absolute atomic E-state index is 0.0659. The number of rotatable bonds is 2. The Kier molecular flexibility index (Phi) is 3.94. The second kappa shape index (κ2) is 6.28.